The molecule has 1 rings (SSSR count). The molecule has 3 nitrogen and oxygen atoms in total. The number of unbranched alkanes of at least 4 members (excludes halogenated alkanes) is 1. The van der Waals surface area contributed by atoms with Gasteiger partial charge in [0.2, 0.25) is 0 Å². The van der Waals surface area contributed by atoms with E-state index in [-0.39, 0.29) is 0 Å². The summed E-state index contributed by atoms with van der Waals surface area (Å²) in [7, 11) is 1.70. The first-order chi connectivity index (χ1) is 8.36. The summed E-state index contributed by atoms with van der Waals surface area (Å²) in [5, 5.41) is 3.35. The first kappa shape index (κ1) is 14.0. The summed E-state index contributed by atoms with van der Waals surface area (Å²) in [5.41, 5.74) is 1.14. The molecule has 0 aliphatic carbocycles. The second-order valence-electron chi connectivity index (χ2n) is 4.03. The molecule has 0 radical (unpaired) electrons. The van der Waals surface area contributed by atoms with E-state index in [0.717, 1.165) is 24.4 Å². The first-order valence-corrected chi connectivity index (χ1v) is 6.28. The third kappa shape index (κ3) is 6.29. The molecule has 0 saturated heterocycles. The third-order valence-corrected chi connectivity index (χ3v) is 2.46. The van der Waals surface area contributed by atoms with Crippen molar-refractivity contribution >= 4 is 0 Å². The summed E-state index contributed by atoms with van der Waals surface area (Å²) >= 11 is 0. The summed E-state index contributed by atoms with van der Waals surface area (Å²) in [6, 6.07) is 8.03. The minimum absolute atomic E-state index is 0.631. The Morgan fingerprint density at radius 2 is 2.12 bits per heavy atom. The third-order valence-electron chi connectivity index (χ3n) is 2.46. The van der Waals surface area contributed by atoms with Gasteiger partial charge in [-0.2, -0.15) is 0 Å². The number of hydrogen-bond donors (Lipinski definition) is 1. The standard InChI is InChI=1S/C14H23NO2/c1-3-4-8-15-9-10-17-14-7-5-6-13(11-14)12-16-2/h5-7,11,15H,3-4,8-10,12H2,1-2H3. The van der Waals surface area contributed by atoms with Crippen molar-refractivity contribution in [2.45, 2.75) is 26.4 Å². The van der Waals surface area contributed by atoms with E-state index in [2.05, 4.69) is 12.2 Å². The smallest absolute Gasteiger partial charge is 0.119 e. The Hall–Kier alpha value is -1.06. The Kier molecular flexibility index (Phi) is 7.43. The van der Waals surface area contributed by atoms with Crippen LogP contribution in [0.4, 0.5) is 0 Å². The molecule has 0 aliphatic rings. The molecule has 1 aromatic rings. The van der Waals surface area contributed by atoms with Gasteiger partial charge in [-0.15, -0.1) is 0 Å². The van der Waals surface area contributed by atoms with Crippen LogP contribution in [0.15, 0.2) is 24.3 Å². The van der Waals surface area contributed by atoms with E-state index in [9.17, 15) is 0 Å². The Morgan fingerprint density at radius 1 is 1.24 bits per heavy atom. The van der Waals surface area contributed by atoms with Crippen LogP contribution in [0.25, 0.3) is 0 Å². The molecule has 17 heavy (non-hydrogen) atoms. The van der Waals surface area contributed by atoms with Crippen LogP contribution in [0.5, 0.6) is 5.75 Å². The molecule has 1 aromatic carbocycles. The summed E-state index contributed by atoms with van der Waals surface area (Å²) in [4.78, 5) is 0. The van der Waals surface area contributed by atoms with Gasteiger partial charge in [-0.3, -0.25) is 0 Å². The van der Waals surface area contributed by atoms with Crippen LogP contribution in [0.2, 0.25) is 0 Å². The molecular weight excluding hydrogens is 214 g/mol. The number of methoxy groups -OCH3 is 1. The topological polar surface area (TPSA) is 30.5 Å². The number of benzene rings is 1. The van der Waals surface area contributed by atoms with E-state index in [1.165, 1.54) is 12.8 Å². The van der Waals surface area contributed by atoms with Gasteiger partial charge in [0.15, 0.2) is 0 Å². The van der Waals surface area contributed by atoms with Gasteiger partial charge in [-0.1, -0.05) is 25.5 Å². The minimum Gasteiger partial charge on any atom is -0.492 e. The van der Waals surface area contributed by atoms with E-state index in [1.807, 2.05) is 24.3 Å². The quantitative estimate of drug-likeness (QED) is 0.670. The van der Waals surface area contributed by atoms with Crippen LogP contribution in [-0.4, -0.2) is 26.8 Å². The molecule has 0 aliphatic heterocycles. The fraction of sp³-hybridized carbons (Fsp3) is 0.571. The van der Waals surface area contributed by atoms with Crippen molar-refractivity contribution in [3.63, 3.8) is 0 Å². The predicted molar refractivity (Wildman–Crippen MR) is 70.4 cm³/mol. The van der Waals surface area contributed by atoms with Gasteiger partial charge >= 0.3 is 0 Å². The lowest BCUT2D eigenvalue weighted by molar-refractivity contribution is 0.184. The molecule has 0 fully saturated rings. The molecule has 0 heterocycles. The van der Waals surface area contributed by atoms with E-state index in [1.54, 1.807) is 7.11 Å². The highest BCUT2D eigenvalue weighted by molar-refractivity contribution is 5.28. The van der Waals surface area contributed by atoms with Crippen LogP contribution < -0.4 is 10.1 Å². The zero-order valence-corrected chi connectivity index (χ0v) is 10.9. The average Bonchev–Trinajstić information content (AvgIpc) is 2.35. The number of nitrogens with one attached hydrogen (secondary N) is 1. The van der Waals surface area contributed by atoms with Gasteiger partial charge in [-0.25, -0.2) is 0 Å². The molecule has 0 amide bonds. The van der Waals surface area contributed by atoms with E-state index < -0.39 is 0 Å². The normalized spacial score (nSPS) is 10.5. The molecule has 96 valence electrons. The van der Waals surface area contributed by atoms with Gasteiger partial charge in [-0.05, 0) is 30.7 Å². The highest BCUT2D eigenvalue weighted by Gasteiger charge is 1.96. The fourth-order valence-corrected chi connectivity index (χ4v) is 1.56. The molecule has 0 aromatic heterocycles. The number of hydrogen-bond acceptors (Lipinski definition) is 3. The predicted octanol–water partition coefficient (Wildman–Crippen LogP) is 2.60. The lowest BCUT2D eigenvalue weighted by Gasteiger charge is -2.08. The van der Waals surface area contributed by atoms with Crippen LogP contribution in [0.1, 0.15) is 25.3 Å². The molecule has 0 atom stereocenters. The van der Waals surface area contributed by atoms with Crippen molar-refractivity contribution < 1.29 is 9.47 Å². The van der Waals surface area contributed by atoms with Crippen LogP contribution in [0.3, 0.4) is 0 Å². The molecule has 0 bridgehead atoms. The molecule has 0 unspecified atom stereocenters. The van der Waals surface area contributed by atoms with Crippen LogP contribution >= 0.6 is 0 Å². The fourth-order valence-electron chi connectivity index (χ4n) is 1.56. The Bertz CT molecular complexity index is 302. The minimum atomic E-state index is 0.631. The van der Waals surface area contributed by atoms with Gasteiger partial charge in [0, 0.05) is 13.7 Å². The average molecular weight is 237 g/mol. The van der Waals surface area contributed by atoms with E-state index >= 15 is 0 Å². The van der Waals surface area contributed by atoms with Crippen molar-refractivity contribution in [2.75, 3.05) is 26.8 Å². The molecule has 0 spiro atoms. The lowest BCUT2D eigenvalue weighted by atomic mass is 10.2. The summed E-state index contributed by atoms with van der Waals surface area (Å²) < 4.78 is 10.7. The second kappa shape index (κ2) is 9.02. The zero-order chi connectivity index (χ0) is 12.3. The van der Waals surface area contributed by atoms with Crippen molar-refractivity contribution in [3.8, 4) is 5.75 Å². The number of rotatable bonds is 9. The number of ether oxygens (including phenoxy) is 2. The largest absolute Gasteiger partial charge is 0.492 e. The van der Waals surface area contributed by atoms with Crippen molar-refractivity contribution in [1.29, 1.82) is 0 Å². The van der Waals surface area contributed by atoms with Crippen molar-refractivity contribution in [2.24, 2.45) is 0 Å². The maximum absolute atomic E-state index is 5.66. The molecule has 1 N–H and O–H groups in total. The first-order valence-electron chi connectivity index (χ1n) is 6.28. The van der Waals surface area contributed by atoms with Crippen LogP contribution in [0, 0.1) is 0 Å². The monoisotopic (exact) mass is 237 g/mol. The second-order valence-corrected chi connectivity index (χ2v) is 4.03. The SMILES string of the molecule is CCCCNCCOc1cccc(COC)c1. The molecule has 3 heteroatoms. The van der Waals surface area contributed by atoms with E-state index in [4.69, 9.17) is 9.47 Å². The van der Waals surface area contributed by atoms with Crippen LogP contribution in [-0.2, 0) is 11.3 Å². The highest BCUT2D eigenvalue weighted by Crippen LogP contribution is 2.13. The van der Waals surface area contributed by atoms with Gasteiger partial charge in [0.1, 0.15) is 12.4 Å². The Morgan fingerprint density at radius 3 is 2.88 bits per heavy atom. The summed E-state index contributed by atoms with van der Waals surface area (Å²) in [5.74, 6) is 0.914. The summed E-state index contributed by atoms with van der Waals surface area (Å²) in [6.45, 7) is 5.50. The Labute approximate surface area is 104 Å². The van der Waals surface area contributed by atoms with Crippen molar-refractivity contribution in [1.82, 2.24) is 5.32 Å². The summed E-state index contributed by atoms with van der Waals surface area (Å²) in [6.07, 6.45) is 2.45. The lowest BCUT2D eigenvalue weighted by Crippen LogP contribution is -2.21. The van der Waals surface area contributed by atoms with Gasteiger partial charge in [0.25, 0.3) is 0 Å². The Balaban J connectivity index is 2.19. The highest BCUT2D eigenvalue weighted by atomic mass is 16.5. The van der Waals surface area contributed by atoms with Gasteiger partial charge < -0.3 is 14.8 Å². The van der Waals surface area contributed by atoms with E-state index in [0.29, 0.717) is 13.2 Å². The van der Waals surface area contributed by atoms with Gasteiger partial charge in [0.05, 0.1) is 6.61 Å². The maximum Gasteiger partial charge on any atom is 0.119 e. The molecule has 0 saturated carbocycles. The zero-order valence-electron chi connectivity index (χ0n) is 10.9. The van der Waals surface area contributed by atoms with Crippen molar-refractivity contribution in [3.05, 3.63) is 29.8 Å². The maximum atomic E-state index is 5.66. The molecular formula is C14H23NO2.